The van der Waals surface area contributed by atoms with Crippen LogP contribution in [0, 0.1) is 33.8 Å². The van der Waals surface area contributed by atoms with E-state index in [9.17, 15) is 14.9 Å². The maximum absolute atomic E-state index is 12.3. The molecule has 1 aromatic carbocycles. The first-order valence-electron chi connectivity index (χ1n) is 9.71. The summed E-state index contributed by atoms with van der Waals surface area (Å²) in [6.45, 7) is 3.03. The van der Waals surface area contributed by atoms with Gasteiger partial charge in [0.05, 0.1) is 19.1 Å². The van der Waals surface area contributed by atoms with Crippen LogP contribution >= 0.6 is 0 Å². The molecule has 1 aromatic rings. The van der Waals surface area contributed by atoms with Gasteiger partial charge >= 0.3 is 5.97 Å². The van der Waals surface area contributed by atoms with E-state index in [1.54, 1.807) is 0 Å². The molecule has 6 heteroatoms. The maximum Gasteiger partial charge on any atom is 0.313 e. The van der Waals surface area contributed by atoms with Crippen LogP contribution in [0.1, 0.15) is 31.7 Å². The Morgan fingerprint density at radius 2 is 2.04 bits per heavy atom. The molecule has 2 fully saturated rings. The van der Waals surface area contributed by atoms with Gasteiger partial charge in [-0.2, -0.15) is 0 Å². The number of benzene rings is 1. The normalized spacial score (nSPS) is 35.0. The van der Waals surface area contributed by atoms with Gasteiger partial charge in [-0.25, -0.2) is 0 Å². The van der Waals surface area contributed by atoms with Crippen LogP contribution in [0.3, 0.4) is 0 Å². The number of fused-ring (bicyclic) bond motifs is 2. The van der Waals surface area contributed by atoms with Gasteiger partial charge in [0.1, 0.15) is 6.10 Å². The number of hydrogen-bond acceptors (Lipinski definition) is 5. The van der Waals surface area contributed by atoms with Crippen LogP contribution in [-0.2, 0) is 20.9 Å². The van der Waals surface area contributed by atoms with E-state index in [4.69, 9.17) is 9.47 Å². The number of cyclic esters (lactones) is 1. The van der Waals surface area contributed by atoms with Crippen LogP contribution in [0.25, 0.3) is 0 Å². The lowest BCUT2D eigenvalue weighted by molar-refractivity contribution is -0.525. The fourth-order valence-corrected chi connectivity index (χ4v) is 5.14. The van der Waals surface area contributed by atoms with E-state index in [0.29, 0.717) is 26.1 Å². The van der Waals surface area contributed by atoms with Crippen molar-refractivity contribution < 1.29 is 19.2 Å². The van der Waals surface area contributed by atoms with Gasteiger partial charge in [-0.05, 0) is 30.7 Å². The number of nitrogens with zero attached hydrogens (tertiary/aromatic N) is 1. The van der Waals surface area contributed by atoms with Gasteiger partial charge in [-0.3, -0.25) is 14.9 Å². The van der Waals surface area contributed by atoms with Gasteiger partial charge in [0.25, 0.3) is 0 Å². The Hall–Kier alpha value is -2.21. The molecule has 1 heterocycles. The topological polar surface area (TPSA) is 78.7 Å². The first-order chi connectivity index (χ1) is 13.0. The van der Waals surface area contributed by atoms with E-state index < -0.39 is 6.04 Å². The fraction of sp³-hybridized carbons (Fsp3) is 0.571. The minimum Gasteiger partial charge on any atom is -0.462 e. The Bertz CT molecular complexity index is 746. The molecule has 6 nitrogen and oxygen atoms in total. The van der Waals surface area contributed by atoms with E-state index in [2.05, 4.69) is 0 Å². The highest BCUT2D eigenvalue weighted by Gasteiger charge is 2.52. The summed E-state index contributed by atoms with van der Waals surface area (Å²) in [7, 11) is 0. The molecule has 1 saturated carbocycles. The zero-order valence-corrected chi connectivity index (χ0v) is 15.5. The lowest BCUT2D eigenvalue weighted by Gasteiger charge is -2.42. The molecule has 1 saturated heterocycles. The summed E-state index contributed by atoms with van der Waals surface area (Å²) in [6, 6.07) is 9.47. The zero-order valence-electron chi connectivity index (χ0n) is 15.5. The van der Waals surface area contributed by atoms with Gasteiger partial charge in [0.2, 0.25) is 6.04 Å². The van der Waals surface area contributed by atoms with Crippen LogP contribution in [0.15, 0.2) is 42.0 Å². The molecular formula is C21H25NO5. The summed E-state index contributed by atoms with van der Waals surface area (Å²) >= 11 is 0. The predicted octanol–water partition coefficient (Wildman–Crippen LogP) is 3.38. The molecule has 144 valence electrons. The minimum atomic E-state index is -0.537. The molecule has 6 atom stereocenters. The average Bonchev–Trinajstić information content (AvgIpc) is 2.95. The molecule has 3 aliphatic rings. The van der Waals surface area contributed by atoms with Crippen molar-refractivity contribution in [2.75, 3.05) is 6.61 Å². The Morgan fingerprint density at radius 1 is 1.26 bits per heavy atom. The first kappa shape index (κ1) is 18.2. The van der Waals surface area contributed by atoms with Crippen LogP contribution in [0.5, 0.6) is 0 Å². The SMILES string of the molecule is C[C@H]1OC(=O)[C@@H]2C=C3C[C@H]([N+](=O)[O-])CC[C@H]3[C@H](COCc3ccccc3)[C@H]12. The van der Waals surface area contributed by atoms with E-state index in [0.717, 1.165) is 17.6 Å². The number of carbonyl (C=O) groups excluding carboxylic acids is 1. The second-order valence-electron chi connectivity index (χ2n) is 7.98. The van der Waals surface area contributed by atoms with Gasteiger partial charge in [0, 0.05) is 23.7 Å². The Morgan fingerprint density at radius 3 is 2.78 bits per heavy atom. The molecule has 0 unspecified atom stereocenters. The highest BCUT2D eigenvalue weighted by atomic mass is 16.6. The van der Waals surface area contributed by atoms with Crippen LogP contribution < -0.4 is 0 Å². The van der Waals surface area contributed by atoms with Crippen LogP contribution in [0.2, 0.25) is 0 Å². The van der Waals surface area contributed by atoms with Crippen LogP contribution in [-0.4, -0.2) is 29.6 Å². The quantitative estimate of drug-likeness (QED) is 0.343. The Kier molecular flexibility index (Phi) is 5.00. The lowest BCUT2D eigenvalue weighted by atomic mass is 9.62. The third-order valence-electron chi connectivity index (χ3n) is 6.41. The largest absolute Gasteiger partial charge is 0.462 e. The fourth-order valence-electron chi connectivity index (χ4n) is 5.14. The molecule has 0 N–H and O–H groups in total. The van der Waals surface area contributed by atoms with Gasteiger partial charge < -0.3 is 9.47 Å². The molecule has 0 aromatic heterocycles. The van der Waals surface area contributed by atoms with E-state index in [1.807, 2.05) is 43.3 Å². The van der Waals surface area contributed by atoms with Gasteiger partial charge in [-0.15, -0.1) is 0 Å². The highest BCUT2D eigenvalue weighted by molar-refractivity contribution is 5.78. The Labute approximate surface area is 158 Å². The molecule has 0 bridgehead atoms. The third kappa shape index (κ3) is 3.50. The number of esters is 1. The molecule has 0 spiro atoms. The molecule has 4 rings (SSSR count). The van der Waals surface area contributed by atoms with E-state index >= 15 is 0 Å². The summed E-state index contributed by atoms with van der Waals surface area (Å²) < 4.78 is 11.6. The molecule has 0 radical (unpaired) electrons. The zero-order chi connectivity index (χ0) is 19.0. The van der Waals surface area contributed by atoms with Crippen molar-refractivity contribution in [2.45, 2.75) is 44.9 Å². The first-order valence-corrected chi connectivity index (χ1v) is 9.71. The standard InChI is InChI=1S/C21H25NO5/c1-13-20-18(21(23)27-13)10-15-9-16(22(24)25)7-8-17(15)19(20)12-26-11-14-5-3-2-4-6-14/h2-6,10,13,16-20H,7-9,11-12H2,1H3/t13-,16-,17-,18-,19+,20-/m1/s1. The number of hydrogen-bond donors (Lipinski definition) is 0. The summed E-state index contributed by atoms with van der Waals surface area (Å²) in [6.07, 6.45) is 3.65. The van der Waals surface area contributed by atoms with E-state index in [1.165, 1.54) is 0 Å². The molecule has 1 aliphatic heterocycles. The second kappa shape index (κ2) is 7.43. The smallest absolute Gasteiger partial charge is 0.313 e. The van der Waals surface area contributed by atoms with Crippen molar-refractivity contribution in [3.8, 4) is 0 Å². The maximum atomic E-state index is 12.3. The predicted molar refractivity (Wildman–Crippen MR) is 98.3 cm³/mol. The average molecular weight is 371 g/mol. The Balaban J connectivity index is 1.52. The minimum absolute atomic E-state index is 0.0918. The van der Waals surface area contributed by atoms with Crippen molar-refractivity contribution in [3.05, 3.63) is 57.7 Å². The van der Waals surface area contributed by atoms with Gasteiger partial charge in [0.15, 0.2) is 0 Å². The molecule has 2 aliphatic carbocycles. The van der Waals surface area contributed by atoms with Crippen molar-refractivity contribution in [3.63, 3.8) is 0 Å². The van der Waals surface area contributed by atoms with Crippen molar-refractivity contribution in [1.82, 2.24) is 0 Å². The summed E-state index contributed by atoms with van der Waals surface area (Å²) in [4.78, 5) is 23.4. The number of ether oxygens (including phenoxy) is 2. The van der Waals surface area contributed by atoms with Crippen LogP contribution in [0.4, 0.5) is 0 Å². The second-order valence-corrected chi connectivity index (χ2v) is 7.98. The number of carbonyl (C=O) groups is 1. The third-order valence-corrected chi connectivity index (χ3v) is 6.41. The number of nitro groups is 1. The number of rotatable bonds is 5. The summed E-state index contributed by atoms with van der Waals surface area (Å²) in [5, 5.41) is 11.2. The monoisotopic (exact) mass is 371 g/mol. The molecule has 0 amide bonds. The van der Waals surface area contributed by atoms with Crippen molar-refractivity contribution in [2.24, 2.45) is 23.7 Å². The van der Waals surface area contributed by atoms with Crippen molar-refractivity contribution in [1.29, 1.82) is 0 Å². The molecular weight excluding hydrogens is 346 g/mol. The van der Waals surface area contributed by atoms with E-state index in [-0.39, 0.29) is 40.7 Å². The highest BCUT2D eigenvalue weighted by Crippen LogP contribution is 2.50. The lowest BCUT2D eigenvalue weighted by Crippen LogP contribution is -2.43. The molecule has 27 heavy (non-hydrogen) atoms. The summed E-state index contributed by atoms with van der Waals surface area (Å²) in [5.74, 6) is 0.00837. The van der Waals surface area contributed by atoms with Crippen molar-refractivity contribution >= 4 is 5.97 Å². The summed E-state index contributed by atoms with van der Waals surface area (Å²) in [5.41, 5.74) is 2.17. The van der Waals surface area contributed by atoms with Gasteiger partial charge in [-0.1, -0.05) is 42.0 Å².